The Balaban J connectivity index is 1.26. The zero-order valence-corrected chi connectivity index (χ0v) is 65.4. The smallest absolute Gasteiger partial charge is 0.275 e. The number of aliphatic hydroxyl groups excluding tert-OH is 11. The standard InChI is InChI=1S/C71H82N18O18S5/c1-13-39-65-82-44(24-109-65)61(102)87-52(69(11,105)34(10)92)67-83-43(25-111-67)59(100)86-48-50(107-12)49(93)40-20-36(21-90)37-15-14-17-71(106,51(37)78-40)88-46(27(2)3)62(103)77-31(7)56(97)74-29(5)55(96)75-32(8)57(98)89-70(68-84-45(26-112-68)60(101)85-47(33(9)91)63(104)79-39)18-16-35(19-38(70)41-22-110-66(48)80-41)64-81-42(23-108-64)58(99)76-30(6)54(95)73-28(4)53(72)94/h13-15,19-20,22-23,25-27,32-34,38,44,46-48,50,52,68,84,88,90-92,105-106H,4-7,16-18,21,24H2,1-3,8-12H3,(H2,72,94)(H,73,95)(H,74,97)(H,75,96)(H,76,99)(H,77,103)(H,79,104)(H,85,101)(H,86,100)(H,87,102)(H,89,98)/b39-13-. The van der Waals surface area contributed by atoms with Crippen LogP contribution in [0.3, 0.4) is 0 Å². The number of methoxy groups -OCH3 is 1. The number of nitrogens with two attached hydrogens (primary N) is 1. The lowest BCUT2D eigenvalue weighted by atomic mass is 9.72. The van der Waals surface area contributed by atoms with Gasteiger partial charge in [0.25, 0.3) is 17.7 Å². The lowest BCUT2D eigenvalue weighted by Crippen LogP contribution is -2.54. The van der Waals surface area contributed by atoms with E-state index >= 15 is 4.79 Å². The molecule has 0 saturated carbocycles. The Bertz CT molecular complexity index is 4920. The van der Waals surface area contributed by atoms with Gasteiger partial charge in [0.05, 0.1) is 53.3 Å². The van der Waals surface area contributed by atoms with Gasteiger partial charge in [0, 0.05) is 52.3 Å². The molecule has 0 aromatic carbocycles. The number of fused-ring (bicyclic) bond motifs is 6. The van der Waals surface area contributed by atoms with Crippen molar-refractivity contribution in [2.24, 2.45) is 56.6 Å². The summed E-state index contributed by atoms with van der Waals surface area (Å²) in [5.74, 6) is -12.6. The first-order valence-corrected chi connectivity index (χ1v) is 38.8. The monoisotopic (exact) mass is 1630 g/mol. The Hall–Kier alpha value is -10.3. The van der Waals surface area contributed by atoms with E-state index in [2.05, 4.69) is 92.5 Å². The minimum atomic E-state index is -2.30. The van der Waals surface area contributed by atoms with Gasteiger partial charge in [0.2, 0.25) is 53.0 Å². The third kappa shape index (κ3) is 17.8. The molecule has 12 bridgehead atoms. The van der Waals surface area contributed by atoms with Crippen LogP contribution in [-0.2, 0) is 26.7 Å². The molecule has 594 valence electrons. The highest BCUT2D eigenvalue weighted by atomic mass is 32.2. The fourth-order valence-corrected chi connectivity index (χ4v) is 17.1. The van der Waals surface area contributed by atoms with Crippen molar-refractivity contribution in [2.75, 3.05) is 12.9 Å². The zero-order chi connectivity index (χ0) is 81.9. The minimum Gasteiger partial charge on any atom is -0.495 e. The normalized spacial score (nSPS) is 27.2. The third-order valence-corrected chi connectivity index (χ3v) is 23.6. The number of thioether (sulfide) groups is 2. The second-order valence-corrected chi connectivity index (χ2v) is 31.5. The number of hydrogen-bond donors (Lipinski definition) is 18. The van der Waals surface area contributed by atoms with Gasteiger partial charge >= 0.3 is 0 Å². The molecule has 14 atom stereocenters. The minimum absolute atomic E-state index is 0.0252. The van der Waals surface area contributed by atoms with E-state index in [1.54, 1.807) is 39.0 Å². The van der Waals surface area contributed by atoms with Crippen LogP contribution in [0.1, 0.15) is 150 Å². The van der Waals surface area contributed by atoms with Crippen LogP contribution in [0.25, 0.3) is 11.6 Å². The van der Waals surface area contributed by atoms with Crippen LogP contribution in [0.4, 0.5) is 0 Å². The lowest BCUT2D eigenvalue weighted by molar-refractivity contribution is -0.120. The molecule has 36 nitrogen and oxygen atoms in total. The van der Waals surface area contributed by atoms with Crippen molar-refractivity contribution < 1.29 is 90.3 Å². The van der Waals surface area contributed by atoms with E-state index in [0.717, 1.165) is 64.6 Å². The molecule has 10 rings (SSSR count). The second kappa shape index (κ2) is 34.3. The highest BCUT2D eigenvalue weighted by molar-refractivity contribution is 8.14. The number of pyridine rings is 1. The molecule has 4 aromatic heterocycles. The summed E-state index contributed by atoms with van der Waals surface area (Å²) in [5, 5.41) is 169. The number of primary amides is 1. The molecule has 8 heterocycles. The summed E-state index contributed by atoms with van der Waals surface area (Å²) >= 11 is 4.74. The van der Waals surface area contributed by atoms with Crippen LogP contribution in [0.2, 0.25) is 0 Å². The summed E-state index contributed by atoms with van der Waals surface area (Å²) in [4.78, 5) is 114. The van der Waals surface area contributed by atoms with Gasteiger partial charge in [-0.3, -0.25) is 29.5 Å². The first kappa shape index (κ1) is 84.1. The van der Waals surface area contributed by atoms with Crippen LogP contribution in [-0.4, -0.2) is 234 Å². The Labute approximate surface area is 660 Å². The molecule has 41 heteroatoms. The van der Waals surface area contributed by atoms with Gasteiger partial charge in [0.15, 0.2) is 17.9 Å². The van der Waals surface area contributed by atoms with Gasteiger partial charge in [-0.15, -0.1) is 57.5 Å². The van der Waals surface area contributed by atoms with Crippen LogP contribution < -0.4 is 27.0 Å². The summed E-state index contributed by atoms with van der Waals surface area (Å²) in [7, 11) is 1.14. The highest BCUT2D eigenvalue weighted by Gasteiger charge is 2.53. The Morgan fingerprint density at radius 2 is 1.54 bits per heavy atom. The summed E-state index contributed by atoms with van der Waals surface area (Å²) < 4.78 is 6.14. The fourth-order valence-electron chi connectivity index (χ4n) is 12.1. The number of allylic oxidation sites excluding steroid dienone is 2. The number of aliphatic hydroxyl groups is 13. The van der Waals surface area contributed by atoms with E-state index in [1.807, 2.05) is 0 Å². The molecule has 4 aromatic rings. The van der Waals surface area contributed by atoms with Crippen LogP contribution in [0, 0.1) is 5.92 Å². The van der Waals surface area contributed by atoms with Crippen molar-refractivity contribution >= 4 is 145 Å². The molecule has 0 radical (unpaired) electrons. The number of ketones is 1. The molecule has 112 heavy (non-hydrogen) atoms. The number of nitrogens with one attached hydrogen (secondary N) is 4. The summed E-state index contributed by atoms with van der Waals surface area (Å²) in [6.45, 7) is 23.7. The summed E-state index contributed by atoms with van der Waals surface area (Å²) in [6, 6.07) is -7.84. The van der Waals surface area contributed by atoms with E-state index in [0.29, 0.717) is 5.57 Å². The summed E-state index contributed by atoms with van der Waals surface area (Å²) in [6.07, 6.45) is 0.724. The van der Waals surface area contributed by atoms with Gasteiger partial charge in [-0.2, -0.15) is 0 Å². The summed E-state index contributed by atoms with van der Waals surface area (Å²) in [5.41, 5.74) is -4.03. The number of carbonyl (C=O) groups is 4. The van der Waals surface area contributed by atoms with Crippen molar-refractivity contribution in [3.05, 3.63) is 161 Å². The molecular formula is C71H82N18O18S5. The maximum atomic E-state index is 15.9. The molecule has 3 amide bonds. The van der Waals surface area contributed by atoms with Crippen molar-refractivity contribution in [3.8, 4) is 0 Å². The number of thiazole rings is 3. The first-order valence-electron chi connectivity index (χ1n) is 34.3. The average molecular weight is 1640 g/mol. The maximum Gasteiger partial charge on any atom is 0.275 e. The van der Waals surface area contributed by atoms with Gasteiger partial charge in [0.1, 0.15) is 94.9 Å². The molecular weight excluding hydrogens is 1550 g/mol. The average Bonchev–Trinajstić information content (AvgIpc) is 0.796. The largest absolute Gasteiger partial charge is 0.495 e. The third-order valence-electron chi connectivity index (χ3n) is 18.6. The quantitative estimate of drug-likeness (QED) is 0.0712. The molecule has 6 aliphatic rings. The second-order valence-electron chi connectivity index (χ2n) is 26.9. The predicted octanol–water partition coefficient (Wildman–Crippen LogP) is 6.10. The maximum absolute atomic E-state index is 15.9. The zero-order valence-electron chi connectivity index (χ0n) is 61.3. The Morgan fingerprint density at radius 3 is 2.21 bits per heavy atom. The van der Waals surface area contributed by atoms with Crippen molar-refractivity contribution in [3.63, 3.8) is 0 Å². The van der Waals surface area contributed by atoms with Crippen molar-refractivity contribution in [1.82, 2.24) is 41.2 Å². The predicted molar refractivity (Wildman–Crippen MR) is 427 cm³/mol. The number of nitrogens with zero attached hydrogens (tertiary/aromatic N) is 13. The van der Waals surface area contributed by atoms with Crippen molar-refractivity contribution in [1.29, 1.82) is 0 Å². The number of hydrogen-bond acceptors (Lipinski definition) is 30. The van der Waals surface area contributed by atoms with E-state index in [1.165, 1.54) is 61.4 Å². The highest BCUT2D eigenvalue weighted by Crippen LogP contribution is 2.52. The molecule has 4 aliphatic heterocycles. The topological polar surface area (TPSA) is 577 Å². The number of amides is 3. The van der Waals surface area contributed by atoms with Gasteiger partial charge in [-0.05, 0) is 70.6 Å². The van der Waals surface area contributed by atoms with E-state index < -0.39 is 194 Å². The Morgan fingerprint density at radius 1 is 0.830 bits per heavy atom. The van der Waals surface area contributed by atoms with Crippen LogP contribution >= 0.6 is 57.5 Å². The SMILES string of the molecule is C=C1N=C(O)C(C(C)C)NC2(O)CC=Cc3c(CO)cc(nc32)C(=O)C(OC)C2N=C(O)c3csc(n3)C(C(C)(O)C(C)O)N=C(O)C3CSC(=N3)/C(=C/C)N=C(O)C(C(C)O)N=C(O)C3=CSC(N3)C3(CCC(c4nc(C(=O)NC(=C)C(=O)NC(=C)C(N)=O)cs4)=CC3c3csc2n3)N=C(O)C(C)N=C(O)C(=C)N=C1O. The molecule has 0 fully saturated rings. The Kier molecular flexibility index (Phi) is 25.8. The number of Topliss-reactive ketones (excluding diaryl/α,β-unsaturated/α-hetero) is 1. The van der Waals surface area contributed by atoms with Gasteiger partial charge in [-0.25, -0.2) is 59.9 Å². The van der Waals surface area contributed by atoms with E-state index in [4.69, 9.17) is 30.4 Å². The van der Waals surface area contributed by atoms with Crippen LogP contribution in [0.15, 0.2) is 151 Å². The number of aromatic nitrogens is 4. The van der Waals surface area contributed by atoms with Gasteiger partial charge in [-0.1, -0.05) is 64.5 Å². The van der Waals surface area contributed by atoms with Gasteiger partial charge < -0.3 is 92.8 Å². The molecule has 2 aliphatic carbocycles. The molecule has 0 spiro atoms. The fraction of sp³-hybridized carbons (Fsp3) is 0.394. The van der Waals surface area contributed by atoms with Crippen LogP contribution in [0.5, 0.6) is 0 Å². The molecule has 19 N–H and O–H groups in total. The number of rotatable bonds is 12. The number of carbonyl (C=O) groups excluding carboxylic acids is 4. The molecule has 14 unspecified atom stereocenters. The first-order chi connectivity index (χ1) is 52.8. The molecule has 0 saturated heterocycles. The van der Waals surface area contributed by atoms with Crippen molar-refractivity contribution in [2.45, 2.75) is 157 Å². The van der Waals surface area contributed by atoms with E-state index in [-0.39, 0.29) is 90.4 Å². The number of aliphatic imine (C=N–C) groups is 9. The lowest BCUT2D eigenvalue weighted by Gasteiger charge is -2.43. The number of ether oxygens (including phenoxy) is 1. The van der Waals surface area contributed by atoms with E-state index in [9.17, 15) is 80.8 Å².